The molecule has 0 amide bonds. The van der Waals surface area contributed by atoms with Crippen molar-refractivity contribution in [3.63, 3.8) is 0 Å². The molecule has 2 rings (SSSR count). The maximum atomic E-state index is 13.7. The highest BCUT2D eigenvalue weighted by atomic mass is 19.2. The maximum absolute atomic E-state index is 13.7. The second-order valence-electron chi connectivity index (χ2n) is 4.61. The quantitative estimate of drug-likeness (QED) is 0.846. The van der Waals surface area contributed by atoms with Crippen molar-refractivity contribution in [2.45, 2.75) is 19.4 Å². The Labute approximate surface area is 120 Å². The molecule has 0 aliphatic heterocycles. The summed E-state index contributed by atoms with van der Waals surface area (Å²) in [6.45, 7) is 2.47. The van der Waals surface area contributed by atoms with Crippen LogP contribution in [0.2, 0.25) is 0 Å². The third-order valence-corrected chi connectivity index (χ3v) is 2.98. The van der Waals surface area contributed by atoms with Gasteiger partial charge in [0.2, 0.25) is 0 Å². The van der Waals surface area contributed by atoms with Crippen LogP contribution < -0.4 is 4.74 Å². The van der Waals surface area contributed by atoms with Gasteiger partial charge in [-0.1, -0.05) is 19.1 Å². The molecule has 0 aliphatic rings. The molecule has 0 fully saturated rings. The van der Waals surface area contributed by atoms with Gasteiger partial charge < -0.3 is 9.84 Å². The molecule has 2 aromatic carbocycles. The van der Waals surface area contributed by atoms with Crippen LogP contribution in [0.5, 0.6) is 5.75 Å². The lowest BCUT2D eigenvalue weighted by atomic mass is 10.0. The normalized spacial score (nSPS) is 12.2. The number of halogens is 3. The molecular weight excluding hydrogens is 281 g/mol. The van der Waals surface area contributed by atoms with Crippen molar-refractivity contribution >= 4 is 0 Å². The van der Waals surface area contributed by atoms with Crippen molar-refractivity contribution in [1.82, 2.24) is 0 Å². The van der Waals surface area contributed by atoms with Gasteiger partial charge >= 0.3 is 0 Å². The predicted octanol–water partition coefficient (Wildman–Crippen LogP) is 3.97. The summed E-state index contributed by atoms with van der Waals surface area (Å²) in [5.74, 6) is -2.97. The van der Waals surface area contributed by atoms with Gasteiger partial charge in [0.05, 0.1) is 6.61 Å². The van der Waals surface area contributed by atoms with Gasteiger partial charge in [-0.15, -0.1) is 0 Å². The molecule has 0 aromatic heterocycles. The highest BCUT2D eigenvalue weighted by Crippen LogP contribution is 2.28. The first-order valence-corrected chi connectivity index (χ1v) is 6.58. The fourth-order valence-corrected chi connectivity index (χ4v) is 1.92. The summed E-state index contributed by atoms with van der Waals surface area (Å²) in [6, 6.07) is 7.53. The van der Waals surface area contributed by atoms with Crippen LogP contribution in [0.25, 0.3) is 0 Å². The Morgan fingerprint density at radius 1 is 1.05 bits per heavy atom. The largest absolute Gasteiger partial charge is 0.494 e. The number of rotatable bonds is 5. The van der Waals surface area contributed by atoms with Crippen LogP contribution in [-0.4, -0.2) is 11.7 Å². The van der Waals surface area contributed by atoms with Crippen LogP contribution in [0.4, 0.5) is 13.2 Å². The first kappa shape index (κ1) is 15.4. The summed E-state index contributed by atoms with van der Waals surface area (Å²) in [4.78, 5) is 0. The lowest BCUT2D eigenvalue weighted by molar-refractivity contribution is 0.213. The van der Waals surface area contributed by atoms with Gasteiger partial charge in [0.25, 0.3) is 0 Å². The van der Waals surface area contributed by atoms with Gasteiger partial charge in [-0.05, 0) is 30.2 Å². The van der Waals surface area contributed by atoms with Crippen molar-refractivity contribution < 1.29 is 23.0 Å². The zero-order chi connectivity index (χ0) is 15.4. The summed E-state index contributed by atoms with van der Waals surface area (Å²) >= 11 is 0. The van der Waals surface area contributed by atoms with Gasteiger partial charge in [0.1, 0.15) is 17.7 Å². The molecule has 2 aromatic rings. The van der Waals surface area contributed by atoms with Crippen molar-refractivity contribution in [2.24, 2.45) is 0 Å². The summed E-state index contributed by atoms with van der Waals surface area (Å²) in [5, 5.41) is 10.2. The SMILES string of the molecule is CCCOc1cccc(C(O)c2cc(F)c(F)cc2F)c1. The maximum Gasteiger partial charge on any atom is 0.161 e. The van der Waals surface area contributed by atoms with Crippen LogP contribution in [0.1, 0.15) is 30.6 Å². The van der Waals surface area contributed by atoms with E-state index in [1.54, 1.807) is 24.3 Å². The molecule has 0 radical (unpaired) electrons. The molecule has 1 unspecified atom stereocenters. The minimum atomic E-state index is -1.40. The van der Waals surface area contributed by atoms with Crippen LogP contribution in [0.15, 0.2) is 36.4 Å². The van der Waals surface area contributed by atoms with E-state index in [0.717, 1.165) is 6.42 Å². The Kier molecular flexibility index (Phi) is 4.85. The number of ether oxygens (including phenoxy) is 1. The average Bonchev–Trinajstić information content (AvgIpc) is 2.48. The Balaban J connectivity index is 2.31. The van der Waals surface area contributed by atoms with E-state index in [1.807, 2.05) is 6.92 Å². The summed E-state index contributed by atoms with van der Waals surface area (Å²) in [7, 11) is 0. The third kappa shape index (κ3) is 3.55. The number of hydrogen-bond donors (Lipinski definition) is 1. The zero-order valence-electron chi connectivity index (χ0n) is 11.4. The number of aliphatic hydroxyl groups is 1. The lowest BCUT2D eigenvalue weighted by Crippen LogP contribution is -2.05. The third-order valence-electron chi connectivity index (χ3n) is 2.98. The number of aliphatic hydroxyl groups excluding tert-OH is 1. The summed E-state index contributed by atoms with van der Waals surface area (Å²) in [5.41, 5.74) is 0.0232. The van der Waals surface area contributed by atoms with Crippen LogP contribution in [-0.2, 0) is 0 Å². The fourth-order valence-electron chi connectivity index (χ4n) is 1.92. The van der Waals surface area contributed by atoms with Gasteiger partial charge in [-0.25, -0.2) is 13.2 Å². The van der Waals surface area contributed by atoms with Gasteiger partial charge in [-0.2, -0.15) is 0 Å². The highest BCUT2D eigenvalue weighted by molar-refractivity contribution is 5.36. The zero-order valence-corrected chi connectivity index (χ0v) is 11.4. The molecule has 112 valence electrons. The van der Waals surface area contributed by atoms with Crippen LogP contribution >= 0.6 is 0 Å². The first-order chi connectivity index (χ1) is 10.0. The standard InChI is InChI=1S/C16H15F3O2/c1-2-6-21-11-5-3-4-10(7-11)16(20)12-8-14(18)15(19)9-13(12)17/h3-5,7-9,16,20H,2,6H2,1H3. The molecule has 0 heterocycles. The number of benzene rings is 2. The van der Waals surface area contributed by atoms with Gasteiger partial charge in [0.15, 0.2) is 11.6 Å². The van der Waals surface area contributed by atoms with E-state index in [0.29, 0.717) is 30.1 Å². The molecule has 1 atom stereocenters. The van der Waals surface area contributed by atoms with E-state index in [-0.39, 0.29) is 5.56 Å². The molecule has 0 saturated carbocycles. The average molecular weight is 296 g/mol. The minimum absolute atomic E-state index is 0.318. The van der Waals surface area contributed by atoms with E-state index in [2.05, 4.69) is 0 Å². The van der Waals surface area contributed by atoms with E-state index < -0.39 is 23.6 Å². The van der Waals surface area contributed by atoms with Crippen molar-refractivity contribution in [1.29, 1.82) is 0 Å². The molecular formula is C16H15F3O2. The predicted molar refractivity (Wildman–Crippen MR) is 72.6 cm³/mol. The smallest absolute Gasteiger partial charge is 0.161 e. The fraction of sp³-hybridized carbons (Fsp3) is 0.250. The Morgan fingerprint density at radius 3 is 2.48 bits per heavy atom. The van der Waals surface area contributed by atoms with Crippen molar-refractivity contribution in [3.05, 3.63) is 65.0 Å². The van der Waals surface area contributed by atoms with Crippen molar-refractivity contribution in [2.75, 3.05) is 6.61 Å². The molecule has 0 bridgehead atoms. The molecule has 21 heavy (non-hydrogen) atoms. The lowest BCUT2D eigenvalue weighted by Gasteiger charge is -2.14. The van der Waals surface area contributed by atoms with E-state index >= 15 is 0 Å². The molecule has 2 nitrogen and oxygen atoms in total. The van der Waals surface area contributed by atoms with Crippen molar-refractivity contribution in [3.8, 4) is 5.75 Å². The van der Waals surface area contributed by atoms with Gasteiger partial charge in [-0.3, -0.25) is 0 Å². The second kappa shape index (κ2) is 6.63. The molecule has 0 saturated heterocycles. The van der Waals surface area contributed by atoms with Crippen LogP contribution in [0, 0.1) is 17.5 Å². The Hall–Kier alpha value is -2.01. The number of hydrogen-bond acceptors (Lipinski definition) is 2. The Morgan fingerprint density at radius 2 is 1.76 bits per heavy atom. The molecule has 0 spiro atoms. The molecule has 0 aliphatic carbocycles. The topological polar surface area (TPSA) is 29.5 Å². The van der Waals surface area contributed by atoms with E-state index in [1.165, 1.54) is 0 Å². The van der Waals surface area contributed by atoms with Gasteiger partial charge in [0, 0.05) is 11.6 Å². The summed E-state index contributed by atoms with van der Waals surface area (Å²) < 4.78 is 45.2. The Bertz CT molecular complexity index is 629. The van der Waals surface area contributed by atoms with E-state index in [9.17, 15) is 18.3 Å². The minimum Gasteiger partial charge on any atom is -0.494 e. The molecule has 5 heteroatoms. The van der Waals surface area contributed by atoms with Crippen LogP contribution in [0.3, 0.4) is 0 Å². The van der Waals surface area contributed by atoms with E-state index in [4.69, 9.17) is 4.74 Å². The summed E-state index contributed by atoms with van der Waals surface area (Å²) in [6.07, 6.45) is -0.574. The first-order valence-electron chi connectivity index (χ1n) is 6.58. The molecule has 1 N–H and O–H groups in total. The monoisotopic (exact) mass is 296 g/mol. The highest BCUT2D eigenvalue weighted by Gasteiger charge is 2.18. The second-order valence-corrected chi connectivity index (χ2v) is 4.61.